The molecule has 1 fully saturated rings. The molecule has 0 saturated heterocycles. The zero-order valence-corrected chi connectivity index (χ0v) is 19.0. The minimum Gasteiger partial charge on any atom is -0.379 e. The van der Waals surface area contributed by atoms with Crippen molar-refractivity contribution in [3.05, 3.63) is 35.4 Å². The highest BCUT2D eigenvalue weighted by Crippen LogP contribution is 2.28. The van der Waals surface area contributed by atoms with Crippen molar-refractivity contribution < 1.29 is 4.74 Å². The van der Waals surface area contributed by atoms with Gasteiger partial charge in [-0.2, -0.15) is 0 Å². The van der Waals surface area contributed by atoms with Crippen LogP contribution in [-0.4, -0.2) is 63.2 Å². The lowest BCUT2D eigenvalue weighted by molar-refractivity contribution is 0.115. The maximum atomic E-state index is 5.74. The maximum Gasteiger partial charge on any atom is 0.194 e. The van der Waals surface area contributed by atoms with Crippen LogP contribution in [-0.2, 0) is 17.8 Å². The summed E-state index contributed by atoms with van der Waals surface area (Å²) >= 11 is 0. The highest BCUT2D eigenvalue weighted by atomic mass is 127. The van der Waals surface area contributed by atoms with Crippen LogP contribution in [0.2, 0.25) is 0 Å². The van der Waals surface area contributed by atoms with Gasteiger partial charge in [0.15, 0.2) is 5.96 Å². The molecule has 0 atom stereocenters. The lowest BCUT2D eigenvalue weighted by Crippen LogP contribution is -2.40. The first kappa shape index (κ1) is 23.2. The number of rotatable bonds is 10. The van der Waals surface area contributed by atoms with Crippen molar-refractivity contribution in [1.29, 1.82) is 0 Å². The summed E-state index contributed by atoms with van der Waals surface area (Å²) in [7, 11) is 6.26. The topological polar surface area (TPSA) is 40.1 Å². The summed E-state index contributed by atoms with van der Waals surface area (Å²) in [6.07, 6.45) is 2.68. The summed E-state index contributed by atoms with van der Waals surface area (Å²) in [6.45, 7) is 7.15. The molecule has 0 heterocycles. The van der Waals surface area contributed by atoms with Gasteiger partial charge in [-0.25, -0.2) is 4.99 Å². The van der Waals surface area contributed by atoms with Gasteiger partial charge in [-0.1, -0.05) is 24.3 Å². The summed E-state index contributed by atoms with van der Waals surface area (Å²) in [5.41, 5.74) is 2.57. The summed E-state index contributed by atoms with van der Waals surface area (Å²) in [6, 6.07) is 8.67. The van der Waals surface area contributed by atoms with Crippen LogP contribution in [0, 0.1) is 5.92 Å². The fourth-order valence-electron chi connectivity index (χ4n) is 2.67. The van der Waals surface area contributed by atoms with Crippen molar-refractivity contribution in [3.63, 3.8) is 0 Å². The van der Waals surface area contributed by atoms with Crippen LogP contribution in [0.4, 0.5) is 0 Å². The number of ether oxygens (including phenoxy) is 1. The lowest BCUT2D eigenvalue weighted by Gasteiger charge is -2.22. The third kappa shape index (κ3) is 9.19. The molecule has 1 saturated carbocycles. The Hall–Kier alpha value is -0.860. The van der Waals surface area contributed by atoms with Gasteiger partial charge in [0.05, 0.1) is 13.2 Å². The third-order valence-corrected chi connectivity index (χ3v) is 4.22. The Balaban J connectivity index is 0.00000338. The molecular weight excluding hydrogens is 439 g/mol. The van der Waals surface area contributed by atoms with E-state index in [1.54, 1.807) is 0 Å². The SMILES string of the molecule is CCNC(=NCc1cccc(CN(C)C)c1)N(C)CCOCC1CC1.I. The molecule has 5 nitrogen and oxygen atoms in total. The van der Waals surface area contributed by atoms with Gasteiger partial charge in [-0.3, -0.25) is 0 Å². The van der Waals surface area contributed by atoms with Crippen LogP contribution in [0.25, 0.3) is 0 Å². The molecule has 0 aliphatic heterocycles. The van der Waals surface area contributed by atoms with Crippen molar-refractivity contribution in [2.75, 3.05) is 47.4 Å². The lowest BCUT2D eigenvalue weighted by atomic mass is 10.1. The Morgan fingerprint density at radius 1 is 1.23 bits per heavy atom. The molecule has 0 radical (unpaired) electrons. The highest BCUT2D eigenvalue weighted by Gasteiger charge is 2.21. The number of aliphatic imine (C=N–C) groups is 1. The normalized spacial score (nSPS) is 14.3. The number of guanidine groups is 1. The Morgan fingerprint density at radius 2 is 1.96 bits per heavy atom. The third-order valence-electron chi connectivity index (χ3n) is 4.22. The first-order valence-electron chi connectivity index (χ1n) is 9.38. The Morgan fingerprint density at radius 3 is 2.62 bits per heavy atom. The van der Waals surface area contributed by atoms with E-state index in [0.29, 0.717) is 6.54 Å². The average molecular weight is 474 g/mol. The molecule has 2 rings (SSSR count). The first-order chi connectivity index (χ1) is 12.1. The average Bonchev–Trinajstić information content (AvgIpc) is 3.39. The van der Waals surface area contributed by atoms with Gasteiger partial charge in [0.25, 0.3) is 0 Å². The van der Waals surface area contributed by atoms with Gasteiger partial charge in [-0.15, -0.1) is 24.0 Å². The van der Waals surface area contributed by atoms with E-state index in [4.69, 9.17) is 9.73 Å². The van der Waals surface area contributed by atoms with E-state index < -0.39 is 0 Å². The number of halogens is 1. The predicted octanol–water partition coefficient (Wildman–Crippen LogP) is 3.19. The molecule has 1 aromatic rings. The number of hydrogen-bond donors (Lipinski definition) is 1. The molecule has 1 aliphatic rings. The Labute approximate surface area is 176 Å². The van der Waals surface area contributed by atoms with Gasteiger partial charge in [-0.05, 0) is 50.9 Å². The zero-order chi connectivity index (χ0) is 18.1. The fourth-order valence-corrected chi connectivity index (χ4v) is 2.67. The quantitative estimate of drug-likeness (QED) is 0.245. The van der Waals surface area contributed by atoms with Crippen LogP contribution in [0.5, 0.6) is 0 Å². The second-order valence-electron chi connectivity index (χ2n) is 7.17. The molecule has 1 N–H and O–H groups in total. The number of nitrogens with zero attached hydrogens (tertiary/aromatic N) is 3. The molecule has 0 bridgehead atoms. The highest BCUT2D eigenvalue weighted by molar-refractivity contribution is 14.0. The molecule has 6 heteroatoms. The van der Waals surface area contributed by atoms with Gasteiger partial charge in [0.2, 0.25) is 0 Å². The van der Waals surface area contributed by atoms with Crippen molar-refractivity contribution in [3.8, 4) is 0 Å². The number of likely N-dealkylation sites (N-methyl/N-ethyl adjacent to an activating group) is 1. The second kappa shape index (κ2) is 12.5. The van der Waals surface area contributed by atoms with Gasteiger partial charge in [0.1, 0.15) is 0 Å². The molecule has 0 spiro atoms. The van der Waals surface area contributed by atoms with E-state index in [0.717, 1.165) is 44.7 Å². The number of nitrogens with one attached hydrogen (secondary N) is 1. The summed E-state index contributed by atoms with van der Waals surface area (Å²) in [4.78, 5) is 9.13. The summed E-state index contributed by atoms with van der Waals surface area (Å²) in [5.74, 6) is 1.76. The predicted molar refractivity (Wildman–Crippen MR) is 120 cm³/mol. The largest absolute Gasteiger partial charge is 0.379 e. The fraction of sp³-hybridized carbons (Fsp3) is 0.650. The van der Waals surface area contributed by atoms with E-state index in [1.807, 2.05) is 0 Å². The Bertz CT molecular complexity index is 546. The monoisotopic (exact) mass is 474 g/mol. The van der Waals surface area contributed by atoms with Crippen molar-refractivity contribution in [2.24, 2.45) is 10.9 Å². The molecule has 26 heavy (non-hydrogen) atoms. The Kier molecular flexibility index (Phi) is 11.2. The molecular formula is C20H35IN4O. The van der Waals surface area contributed by atoms with Gasteiger partial charge >= 0.3 is 0 Å². The van der Waals surface area contributed by atoms with E-state index >= 15 is 0 Å². The van der Waals surface area contributed by atoms with E-state index in [-0.39, 0.29) is 24.0 Å². The summed E-state index contributed by atoms with van der Waals surface area (Å²) in [5, 5.41) is 3.37. The number of hydrogen-bond acceptors (Lipinski definition) is 3. The molecule has 1 aliphatic carbocycles. The van der Waals surface area contributed by atoms with Gasteiger partial charge < -0.3 is 19.9 Å². The van der Waals surface area contributed by atoms with Crippen LogP contribution in [0.15, 0.2) is 29.3 Å². The van der Waals surface area contributed by atoms with E-state index in [9.17, 15) is 0 Å². The molecule has 0 unspecified atom stereocenters. The second-order valence-corrected chi connectivity index (χ2v) is 7.17. The van der Waals surface area contributed by atoms with Crippen LogP contribution in [0.3, 0.4) is 0 Å². The van der Waals surface area contributed by atoms with Crippen molar-refractivity contribution >= 4 is 29.9 Å². The van der Waals surface area contributed by atoms with E-state index in [1.165, 1.54) is 24.0 Å². The van der Waals surface area contributed by atoms with Crippen molar-refractivity contribution in [1.82, 2.24) is 15.1 Å². The van der Waals surface area contributed by atoms with Crippen molar-refractivity contribution in [2.45, 2.75) is 32.9 Å². The standard InChI is InChI=1S/C20H34N4O.HI/c1-5-21-20(24(4)11-12-25-16-17-9-10-17)22-14-18-7-6-8-19(13-18)15-23(2)3;/h6-8,13,17H,5,9-12,14-16H2,1-4H3,(H,21,22);1H. The zero-order valence-electron chi connectivity index (χ0n) is 16.7. The van der Waals surface area contributed by atoms with Crippen LogP contribution >= 0.6 is 24.0 Å². The minimum atomic E-state index is 0. The first-order valence-corrected chi connectivity index (χ1v) is 9.38. The molecule has 0 aromatic heterocycles. The molecule has 0 amide bonds. The van der Waals surface area contributed by atoms with E-state index in [2.05, 4.69) is 67.4 Å². The van der Waals surface area contributed by atoms with Gasteiger partial charge in [0, 0.05) is 33.3 Å². The number of benzene rings is 1. The maximum absolute atomic E-state index is 5.74. The molecule has 1 aromatic carbocycles. The molecule has 148 valence electrons. The van der Waals surface area contributed by atoms with Crippen LogP contribution < -0.4 is 5.32 Å². The minimum absolute atomic E-state index is 0. The van der Waals surface area contributed by atoms with Crippen LogP contribution in [0.1, 0.15) is 30.9 Å². The summed E-state index contributed by atoms with van der Waals surface area (Å²) < 4.78 is 5.74. The smallest absolute Gasteiger partial charge is 0.194 e.